The topological polar surface area (TPSA) is 68.0 Å². The lowest BCUT2D eigenvalue weighted by Crippen LogP contribution is -2.28. The van der Waals surface area contributed by atoms with Gasteiger partial charge in [-0.05, 0) is 30.7 Å². The van der Waals surface area contributed by atoms with Crippen LogP contribution in [-0.4, -0.2) is 17.4 Å². The first-order chi connectivity index (χ1) is 9.08. The summed E-state index contributed by atoms with van der Waals surface area (Å²) in [6, 6.07) is 5.30. The molecule has 1 aromatic carbocycles. The van der Waals surface area contributed by atoms with Crippen molar-refractivity contribution < 1.29 is 4.79 Å². The highest BCUT2D eigenvalue weighted by Gasteiger charge is 2.12. The first kappa shape index (κ1) is 13.5. The molecule has 0 saturated carbocycles. The van der Waals surface area contributed by atoms with E-state index in [4.69, 9.17) is 5.73 Å². The van der Waals surface area contributed by atoms with Crippen molar-refractivity contribution in [2.45, 2.75) is 19.8 Å². The van der Waals surface area contributed by atoms with Crippen LogP contribution in [0.4, 0.5) is 5.69 Å². The van der Waals surface area contributed by atoms with E-state index in [2.05, 4.69) is 17.2 Å². The molecule has 0 saturated heterocycles. The fraction of sp³-hybridized carbons (Fsp3) is 0.286. The van der Waals surface area contributed by atoms with Crippen molar-refractivity contribution in [1.29, 1.82) is 0 Å². The van der Waals surface area contributed by atoms with E-state index in [1.807, 2.05) is 12.3 Å². The number of hydrogen-bond acceptors (Lipinski definition) is 4. The molecule has 1 heterocycles. The lowest BCUT2D eigenvalue weighted by molar-refractivity contribution is 0.0951. The Morgan fingerprint density at radius 3 is 2.95 bits per heavy atom. The highest BCUT2D eigenvalue weighted by Crippen LogP contribution is 2.17. The van der Waals surface area contributed by atoms with Crippen molar-refractivity contribution in [3.63, 3.8) is 0 Å². The molecule has 0 fully saturated rings. The van der Waals surface area contributed by atoms with Crippen LogP contribution in [0.15, 0.2) is 29.8 Å². The molecule has 1 unspecified atom stereocenters. The number of nitrogens with two attached hydrogens (primary N) is 1. The van der Waals surface area contributed by atoms with E-state index in [1.54, 1.807) is 35.7 Å². The van der Waals surface area contributed by atoms with Gasteiger partial charge in [-0.15, -0.1) is 11.3 Å². The number of amides is 1. The fourth-order valence-electron chi connectivity index (χ4n) is 1.85. The third-order valence-corrected chi connectivity index (χ3v) is 3.94. The van der Waals surface area contributed by atoms with Gasteiger partial charge in [-0.1, -0.05) is 6.92 Å². The van der Waals surface area contributed by atoms with E-state index >= 15 is 0 Å². The van der Waals surface area contributed by atoms with Gasteiger partial charge < -0.3 is 11.1 Å². The van der Waals surface area contributed by atoms with Crippen LogP contribution in [0.3, 0.4) is 0 Å². The van der Waals surface area contributed by atoms with E-state index in [1.165, 1.54) is 0 Å². The third-order valence-electron chi connectivity index (χ3n) is 2.94. The van der Waals surface area contributed by atoms with Crippen LogP contribution in [-0.2, 0) is 0 Å². The Hall–Kier alpha value is -1.88. The van der Waals surface area contributed by atoms with Gasteiger partial charge in [-0.2, -0.15) is 0 Å². The molecule has 0 aliphatic carbocycles. The molecule has 1 amide bonds. The number of anilines is 1. The van der Waals surface area contributed by atoms with Crippen molar-refractivity contribution >= 4 is 22.9 Å². The van der Waals surface area contributed by atoms with Crippen molar-refractivity contribution in [2.24, 2.45) is 0 Å². The van der Waals surface area contributed by atoms with Crippen molar-refractivity contribution in [3.8, 4) is 0 Å². The summed E-state index contributed by atoms with van der Waals surface area (Å²) in [7, 11) is 0. The summed E-state index contributed by atoms with van der Waals surface area (Å²) < 4.78 is 0. The fourth-order valence-corrected chi connectivity index (χ4v) is 2.55. The lowest BCUT2D eigenvalue weighted by Gasteiger charge is -2.11. The number of nitrogens with one attached hydrogen (secondary N) is 1. The van der Waals surface area contributed by atoms with Gasteiger partial charge in [0, 0.05) is 35.3 Å². The number of thiazole rings is 1. The SMILES string of the molecule is Cc1cc(N)ccc1C(=O)NCC(C)c1nccs1. The summed E-state index contributed by atoms with van der Waals surface area (Å²) in [5.74, 6) is 0.152. The standard InChI is InChI=1S/C14H17N3OS/c1-9-7-11(15)3-4-12(9)13(18)17-8-10(2)14-16-5-6-19-14/h3-7,10H,8,15H2,1-2H3,(H,17,18). The number of carbonyl (C=O) groups is 1. The number of benzene rings is 1. The Balaban J connectivity index is 1.98. The maximum atomic E-state index is 12.1. The normalized spacial score (nSPS) is 12.1. The number of carbonyl (C=O) groups excluding carboxylic acids is 1. The summed E-state index contributed by atoms with van der Waals surface area (Å²) in [5.41, 5.74) is 7.90. The molecule has 100 valence electrons. The summed E-state index contributed by atoms with van der Waals surface area (Å²) >= 11 is 1.60. The molecular formula is C14H17N3OS. The van der Waals surface area contributed by atoms with E-state index in [9.17, 15) is 4.79 Å². The molecule has 1 aromatic heterocycles. The molecule has 0 spiro atoms. The van der Waals surface area contributed by atoms with Crippen LogP contribution < -0.4 is 11.1 Å². The number of nitrogens with zero attached hydrogens (tertiary/aromatic N) is 1. The average Bonchev–Trinajstić information content (AvgIpc) is 2.89. The summed E-state index contributed by atoms with van der Waals surface area (Å²) in [6.07, 6.45) is 1.78. The van der Waals surface area contributed by atoms with E-state index in [0.717, 1.165) is 10.6 Å². The summed E-state index contributed by atoms with van der Waals surface area (Å²) in [4.78, 5) is 16.3. The molecule has 4 nitrogen and oxygen atoms in total. The van der Waals surface area contributed by atoms with Crippen molar-refractivity contribution in [2.75, 3.05) is 12.3 Å². The Kier molecular flexibility index (Phi) is 4.16. The van der Waals surface area contributed by atoms with Gasteiger partial charge in [0.1, 0.15) is 0 Å². The Morgan fingerprint density at radius 1 is 1.53 bits per heavy atom. The monoisotopic (exact) mass is 275 g/mol. The molecular weight excluding hydrogens is 258 g/mol. The number of aryl methyl sites for hydroxylation is 1. The molecule has 3 N–H and O–H groups in total. The number of aromatic nitrogens is 1. The number of hydrogen-bond donors (Lipinski definition) is 2. The second kappa shape index (κ2) is 5.84. The zero-order chi connectivity index (χ0) is 13.8. The maximum Gasteiger partial charge on any atom is 0.251 e. The zero-order valence-electron chi connectivity index (χ0n) is 11.0. The minimum Gasteiger partial charge on any atom is -0.399 e. The number of nitrogen functional groups attached to an aromatic ring is 1. The molecule has 0 bridgehead atoms. The minimum absolute atomic E-state index is 0.0686. The zero-order valence-corrected chi connectivity index (χ0v) is 11.8. The minimum atomic E-state index is -0.0686. The quantitative estimate of drug-likeness (QED) is 0.843. The van der Waals surface area contributed by atoms with Crippen LogP contribution >= 0.6 is 11.3 Å². The Labute approximate surface area is 116 Å². The summed E-state index contributed by atoms with van der Waals surface area (Å²) in [6.45, 7) is 4.51. The van der Waals surface area contributed by atoms with Gasteiger partial charge in [0.05, 0.1) is 5.01 Å². The van der Waals surface area contributed by atoms with Gasteiger partial charge in [-0.25, -0.2) is 4.98 Å². The highest BCUT2D eigenvalue weighted by molar-refractivity contribution is 7.09. The average molecular weight is 275 g/mol. The molecule has 5 heteroatoms. The van der Waals surface area contributed by atoms with Gasteiger partial charge >= 0.3 is 0 Å². The molecule has 0 radical (unpaired) electrons. The summed E-state index contributed by atoms with van der Waals surface area (Å²) in [5, 5.41) is 5.91. The smallest absolute Gasteiger partial charge is 0.251 e. The van der Waals surface area contributed by atoms with Gasteiger partial charge in [0.2, 0.25) is 0 Å². The second-order valence-corrected chi connectivity index (χ2v) is 5.48. The van der Waals surface area contributed by atoms with Gasteiger partial charge in [-0.3, -0.25) is 4.79 Å². The molecule has 0 aliphatic rings. The molecule has 0 aliphatic heterocycles. The van der Waals surface area contributed by atoms with Crippen molar-refractivity contribution in [3.05, 3.63) is 45.9 Å². The molecule has 2 aromatic rings. The number of rotatable bonds is 4. The van der Waals surface area contributed by atoms with E-state index in [-0.39, 0.29) is 11.8 Å². The van der Waals surface area contributed by atoms with E-state index in [0.29, 0.717) is 17.8 Å². The molecule has 1 atom stereocenters. The van der Waals surface area contributed by atoms with Gasteiger partial charge in [0.15, 0.2) is 0 Å². The first-order valence-electron chi connectivity index (χ1n) is 6.11. The van der Waals surface area contributed by atoms with Crippen LogP contribution in [0.5, 0.6) is 0 Å². The largest absolute Gasteiger partial charge is 0.399 e. The Bertz CT molecular complexity index is 566. The predicted molar refractivity (Wildman–Crippen MR) is 78.5 cm³/mol. The highest BCUT2D eigenvalue weighted by atomic mass is 32.1. The maximum absolute atomic E-state index is 12.1. The Morgan fingerprint density at radius 2 is 2.32 bits per heavy atom. The van der Waals surface area contributed by atoms with Crippen LogP contribution in [0.25, 0.3) is 0 Å². The lowest BCUT2D eigenvalue weighted by atomic mass is 10.1. The van der Waals surface area contributed by atoms with Crippen LogP contribution in [0, 0.1) is 6.92 Å². The first-order valence-corrected chi connectivity index (χ1v) is 6.99. The molecule has 19 heavy (non-hydrogen) atoms. The van der Waals surface area contributed by atoms with Crippen LogP contribution in [0.2, 0.25) is 0 Å². The van der Waals surface area contributed by atoms with Gasteiger partial charge in [0.25, 0.3) is 5.91 Å². The van der Waals surface area contributed by atoms with Crippen molar-refractivity contribution in [1.82, 2.24) is 10.3 Å². The predicted octanol–water partition coefficient (Wildman–Crippen LogP) is 2.57. The molecule has 2 rings (SSSR count). The van der Waals surface area contributed by atoms with E-state index < -0.39 is 0 Å². The van der Waals surface area contributed by atoms with Crippen LogP contribution in [0.1, 0.15) is 33.8 Å². The third kappa shape index (κ3) is 3.32. The second-order valence-electron chi connectivity index (χ2n) is 4.56.